The van der Waals surface area contributed by atoms with Gasteiger partial charge in [-0.05, 0) is 34.9 Å². The smallest absolute Gasteiger partial charge is 0.545 e. The number of rotatable bonds is 3. The van der Waals surface area contributed by atoms with E-state index in [2.05, 4.69) is 0 Å². The van der Waals surface area contributed by atoms with Crippen molar-refractivity contribution in [2.24, 2.45) is 0 Å². The monoisotopic (exact) mass is 396 g/mol. The van der Waals surface area contributed by atoms with E-state index in [-0.39, 0.29) is 0 Å². The van der Waals surface area contributed by atoms with Gasteiger partial charge in [-0.25, -0.2) is 0 Å². The zero-order chi connectivity index (χ0) is 22.3. The molecule has 0 aliphatic carbocycles. The lowest BCUT2D eigenvalue weighted by Gasteiger charge is -2.11. The number of carbonyl (C=O) groups is 6. The van der Waals surface area contributed by atoms with Crippen molar-refractivity contribution < 1.29 is 74.7 Å². The summed E-state index contributed by atoms with van der Waals surface area (Å²) in [5.74, 6) is -5.04. The SMILES string of the molecule is O=C(O)[OH2+].O=C(O)[OH2+].O=C(O)[OH2+].O=C([O-])c1cc(C(=O)[O-])cc(C(=O)[O-])c1. The van der Waals surface area contributed by atoms with Crippen LogP contribution in [0.3, 0.4) is 0 Å². The van der Waals surface area contributed by atoms with Crippen LogP contribution < -0.4 is 15.3 Å². The highest BCUT2D eigenvalue weighted by Gasteiger charge is 2.03. The zero-order valence-corrected chi connectivity index (χ0v) is 12.7. The molecule has 1 aromatic carbocycles. The first-order valence-corrected chi connectivity index (χ1v) is 5.74. The van der Waals surface area contributed by atoms with Crippen LogP contribution in [0.2, 0.25) is 0 Å². The van der Waals surface area contributed by atoms with Crippen LogP contribution in [0, 0.1) is 0 Å². The van der Waals surface area contributed by atoms with Gasteiger partial charge in [-0.15, -0.1) is 0 Å². The number of carbonyl (C=O) groups excluding carboxylic acids is 3. The van der Waals surface area contributed by atoms with Crippen molar-refractivity contribution in [3.63, 3.8) is 0 Å². The van der Waals surface area contributed by atoms with E-state index in [0.717, 1.165) is 18.2 Å². The van der Waals surface area contributed by atoms with E-state index in [1.807, 2.05) is 0 Å². The van der Waals surface area contributed by atoms with E-state index in [9.17, 15) is 29.7 Å². The molecule has 1 rings (SSSR count). The number of aromatic carboxylic acids is 3. The Morgan fingerprint density at radius 3 is 0.741 bits per heavy atom. The summed E-state index contributed by atoms with van der Waals surface area (Å²) in [6.45, 7) is 0. The van der Waals surface area contributed by atoms with Gasteiger partial charge in [0.15, 0.2) is 0 Å². The van der Waals surface area contributed by atoms with Gasteiger partial charge in [-0.3, -0.25) is 0 Å². The Kier molecular flexibility index (Phi) is 14.0. The van der Waals surface area contributed by atoms with Gasteiger partial charge in [0.2, 0.25) is 0 Å². The maximum absolute atomic E-state index is 10.4. The Labute approximate surface area is 147 Å². The fourth-order valence-corrected chi connectivity index (χ4v) is 0.981. The molecule has 0 fully saturated rings. The van der Waals surface area contributed by atoms with Crippen molar-refractivity contribution in [1.29, 1.82) is 0 Å². The van der Waals surface area contributed by atoms with Crippen molar-refractivity contribution >= 4 is 36.4 Å². The van der Waals surface area contributed by atoms with Crippen LogP contribution in [-0.2, 0) is 0 Å². The molecule has 0 bridgehead atoms. The average molecular weight is 396 g/mol. The lowest BCUT2D eigenvalue weighted by Crippen LogP contribution is -2.28. The van der Waals surface area contributed by atoms with Gasteiger partial charge < -0.3 is 60.3 Å². The Morgan fingerprint density at radius 2 is 0.667 bits per heavy atom. The maximum atomic E-state index is 10.4. The van der Waals surface area contributed by atoms with Crippen molar-refractivity contribution in [3.05, 3.63) is 34.9 Å². The quantitative estimate of drug-likeness (QED) is 0.404. The van der Waals surface area contributed by atoms with Crippen LogP contribution in [0.4, 0.5) is 14.4 Å². The molecular weight excluding hydrogens is 384 g/mol. The van der Waals surface area contributed by atoms with Crippen LogP contribution in [0.5, 0.6) is 0 Å². The molecule has 9 N–H and O–H groups in total. The van der Waals surface area contributed by atoms with Gasteiger partial charge in [0.25, 0.3) is 0 Å². The Bertz CT molecular complexity index is 585. The molecule has 0 saturated heterocycles. The first-order valence-electron chi connectivity index (χ1n) is 5.74. The molecule has 0 amide bonds. The molecule has 1 aromatic rings. The summed E-state index contributed by atoms with van der Waals surface area (Å²) in [4.78, 5) is 57.2. The van der Waals surface area contributed by atoms with Crippen molar-refractivity contribution in [3.8, 4) is 0 Å². The number of hydrogen-bond acceptors (Lipinski definition) is 9. The minimum absolute atomic E-state index is 0.559. The van der Waals surface area contributed by atoms with Gasteiger partial charge in [0.05, 0.1) is 17.9 Å². The second-order valence-electron chi connectivity index (χ2n) is 3.58. The molecule has 150 valence electrons. The largest absolute Gasteiger partial charge is 0.722 e. The molecule has 27 heavy (non-hydrogen) atoms. The fraction of sp³-hybridized carbons (Fsp3) is 0. The highest BCUT2D eigenvalue weighted by atomic mass is 16.6. The third-order valence-corrected chi connectivity index (χ3v) is 1.64. The van der Waals surface area contributed by atoms with Crippen molar-refractivity contribution in [2.45, 2.75) is 0 Å². The second-order valence-corrected chi connectivity index (χ2v) is 3.58. The lowest BCUT2D eigenvalue weighted by molar-refractivity contribution is -0.255. The fourth-order valence-electron chi connectivity index (χ4n) is 0.981. The molecule has 0 spiro atoms. The Morgan fingerprint density at radius 1 is 0.556 bits per heavy atom. The standard InChI is InChI=1S/C9H6O6.3CH2O3/c10-7(11)4-1-5(8(12)13)3-6(2-4)9(14)15;3*2-1(3)4/h1-3H,(H,10,11)(H,12,13)(H,14,15);3*(H2,2,3,4). The van der Waals surface area contributed by atoms with Crippen molar-refractivity contribution in [2.75, 3.05) is 0 Å². The van der Waals surface area contributed by atoms with Gasteiger partial charge >= 0.3 is 18.5 Å². The predicted molar refractivity (Wildman–Crippen MR) is 74.3 cm³/mol. The summed E-state index contributed by atoms with van der Waals surface area (Å²) in [6.07, 6.45) is -4.75. The summed E-state index contributed by atoms with van der Waals surface area (Å²) >= 11 is 0. The Balaban J connectivity index is -0.000000394. The molecule has 0 unspecified atom stereocenters. The van der Waals surface area contributed by atoms with Crippen LogP contribution in [0.15, 0.2) is 18.2 Å². The van der Waals surface area contributed by atoms with Crippen LogP contribution in [0.25, 0.3) is 0 Å². The lowest BCUT2D eigenvalue weighted by atomic mass is 10.1. The van der Waals surface area contributed by atoms with E-state index in [1.165, 1.54) is 0 Å². The highest BCUT2D eigenvalue weighted by Crippen LogP contribution is 2.09. The number of carboxylic acids is 3. The molecule has 0 saturated carbocycles. The van der Waals surface area contributed by atoms with Gasteiger partial charge in [0, 0.05) is 14.4 Å². The third-order valence-electron chi connectivity index (χ3n) is 1.64. The van der Waals surface area contributed by atoms with Crippen LogP contribution in [0.1, 0.15) is 31.1 Å². The summed E-state index contributed by atoms with van der Waals surface area (Å²) < 4.78 is 0. The molecular formula is C12H12O15. The molecule has 15 heteroatoms. The van der Waals surface area contributed by atoms with Gasteiger partial charge in [-0.1, -0.05) is 0 Å². The predicted octanol–water partition coefficient (Wildman–Crippen LogP) is -5.06. The molecule has 0 aliphatic heterocycles. The van der Waals surface area contributed by atoms with E-state index in [4.69, 9.17) is 45.0 Å². The third kappa shape index (κ3) is 21.4. The molecule has 0 radical (unpaired) electrons. The first kappa shape index (κ1) is 27.3. The minimum atomic E-state index is -1.68. The second kappa shape index (κ2) is 13.8. The summed E-state index contributed by atoms with van der Waals surface area (Å²) in [5, 5.41) is 69.0. The minimum Gasteiger partial charge on any atom is -0.545 e. The van der Waals surface area contributed by atoms with E-state index in [0.29, 0.717) is 0 Å². The topological polar surface area (TPSA) is 301 Å². The number of hydrogen-bond donors (Lipinski definition) is 3. The van der Waals surface area contributed by atoms with Crippen molar-refractivity contribution in [1.82, 2.24) is 0 Å². The summed E-state index contributed by atoms with van der Waals surface area (Å²) in [6, 6.07) is 2.24. The first-order chi connectivity index (χ1) is 12.1. The Hall–Kier alpha value is -4.56. The maximum Gasteiger partial charge on any atom is 0.722 e. The average Bonchev–Trinajstić information content (AvgIpc) is 2.44. The van der Waals surface area contributed by atoms with Crippen LogP contribution in [-0.4, -0.2) is 67.0 Å². The van der Waals surface area contributed by atoms with Gasteiger partial charge in [-0.2, -0.15) is 0 Å². The summed E-state index contributed by atoms with van der Waals surface area (Å²) in [5.41, 5.74) is -1.68. The molecule has 0 atom stereocenters. The molecule has 0 aromatic heterocycles. The molecule has 15 nitrogen and oxygen atoms in total. The van der Waals surface area contributed by atoms with Gasteiger partial charge in [0.1, 0.15) is 0 Å². The van der Waals surface area contributed by atoms with E-state index >= 15 is 0 Å². The molecule has 0 aliphatic rings. The van der Waals surface area contributed by atoms with E-state index in [1.54, 1.807) is 0 Å². The normalized spacial score (nSPS) is 8.00. The zero-order valence-electron chi connectivity index (χ0n) is 12.7. The number of benzene rings is 1. The summed E-state index contributed by atoms with van der Waals surface area (Å²) in [7, 11) is 0. The molecule has 0 heterocycles. The highest BCUT2D eigenvalue weighted by molar-refractivity contribution is 5.97. The van der Waals surface area contributed by atoms with E-state index < -0.39 is 53.1 Å². The number of carboxylic acid groups (broad SMARTS) is 6. The van der Waals surface area contributed by atoms with Crippen LogP contribution >= 0.6 is 0 Å².